The third-order valence-electron chi connectivity index (χ3n) is 1.74. The van der Waals surface area contributed by atoms with E-state index in [1.165, 1.54) is 0 Å². The van der Waals surface area contributed by atoms with E-state index in [2.05, 4.69) is 5.10 Å². The molecule has 2 aromatic rings. The zero-order valence-electron chi connectivity index (χ0n) is 7.16. The molecule has 0 aliphatic heterocycles. The lowest BCUT2D eigenvalue weighted by atomic mass is 10.2. The Kier molecular flexibility index (Phi) is 2.06. The lowest BCUT2D eigenvalue weighted by Crippen LogP contribution is -2.16. The van der Waals surface area contributed by atoms with Crippen LogP contribution < -0.4 is 0 Å². The third kappa shape index (κ3) is 1.57. The summed E-state index contributed by atoms with van der Waals surface area (Å²) in [5.74, 6) is 0. The molecular weight excluding hydrogens is 183 g/mol. The molecule has 65 valence electrons. The Morgan fingerprint density at radius 1 is 1.38 bits per heavy atom. The fraction of sp³-hybridized carbons (Fsp3) is 0.143. The normalized spacial score (nSPS) is 10.2. The smallest absolute Gasteiger partial charge is 0.349 e. The Balaban J connectivity index is 2.29. The van der Waals surface area contributed by atoms with Crippen LogP contribution in [0.2, 0.25) is 0 Å². The quantitative estimate of drug-likeness (QED) is 0.515. The van der Waals surface area contributed by atoms with Gasteiger partial charge in [0.05, 0.1) is 0 Å². The highest BCUT2D eigenvalue weighted by atomic mass is 32.1. The second-order valence-corrected chi connectivity index (χ2v) is 3.07. The van der Waals surface area contributed by atoms with E-state index >= 15 is 0 Å². The highest BCUT2D eigenvalue weighted by Gasteiger charge is 2.00. The lowest BCUT2D eigenvalue weighted by Gasteiger charge is -1.98. The molecule has 0 amide bonds. The topological polar surface area (TPSA) is 27.7 Å². The molecule has 2 aromatic heterocycles. The minimum absolute atomic E-state index is 0.746. The van der Waals surface area contributed by atoms with E-state index < -0.39 is 0 Å². The van der Waals surface area contributed by atoms with E-state index in [9.17, 15) is 0 Å². The van der Waals surface area contributed by atoms with E-state index in [0.717, 1.165) is 4.77 Å². The van der Waals surface area contributed by atoms with Gasteiger partial charge in [-0.2, -0.15) is 5.10 Å². The summed E-state index contributed by atoms with van der Waals surface area (Å²) in [6, 6.07) is 1.86. The first-order valence-electron chi connectivity index (χ1n) is 3.85. The second kappa shape index (κ2) is 3.22. The summed E-state index contributed by atoms with van der Waals surface area (Å²) in [6.45, 7) is 0. The molecule has 0 saturated heterocycles. The molecule has 0 aliphatic carbocycles. The van der Waals surface area contributed by atoms with Crippen molar-refractivity contribution >= 4 is 19.8 Å². The monoisotopic (exact) mass is 191 g/mol. The molecule has 0 N–H and O–H groups in total. The van der Waals surface area contributed by atoms with Gasteiger partial charge in [-0.25, -0.2) is 0 Å². The van der Waals surface area contributed by atoms with Crippen molar-refractivity contribution in [3.8, 4) is 0 Å². The molecule has 0 unspecified atom stereocenters. The molecule has 2 heterocycles. The van der Waals surface area contributed by atoms with Crippen molar-refractivity contribution in [1.29, 1.82) is 0 Å². The minimum atomic E-state index is 0.746. The standard InChI is InChI=1S/C7H8BN4S/c1-10-5-6-11(7(10)13)8-12-4-2-3-9-12/h2-6H,1H3. The maximum Gasteiger partial charge on any atom is 0.421 e. The average Bonchev–Trinajstić information content (AvgIpc) is 2.71. The van der Waals surface area contributed by atoms with Crippen molar-refractivity contribution in [2.24, 2.45) is 7.05 Å². The fourth-order valence-corrected chi connectivity index (χ4v) is 1.21. The maximum absolute atomic E-state index is 5.15. The van der Waals surface area contributed by atoms with E-state index in [0.29, 0.717) is 0 Å². The van der Waals surface area contributed by atoms with Gasteiger partial charge in [0.25, 0.3) is 0 Å². The number of nitrogens with zero attached hydrogens (tertiary/aromatic N) is 4. The first-order valence-corrected chi connectivity index (χ1v) is 4.26. The summed E-state index contributed by atoms with van der Waals surface area (Å²) < 4.78 is 6.16. The summed E-state index contributed by atoms with van der Waals surface area (Å²) in [5, 5.41) is 4.05. The van der Waals surface area contributed by atoms with Gasteiger partial charge in [0, 0.05) is 31.8 Å². The average molecular weight is 191 g/mol. The van der Waals surface area contributed by atoms with Crippen molar-refractivity contribution in [3.05, 3.63) is 35.6 Å². The lowest BCUT2D eigenvalue weighted by molar-refractivity contribution is 0.866. The molecule has 0 aromatic carbocycles. The molecule has 13 heavy (non-hydrogen) atoms. The van der Waals surface area contributed by atoms with Crippen molar-refractivity contribution < 1.29 is 0 Å². The molecule has 0 atom stereocenters. The van der Waals surface area contributed by atoms with Gasteiger partial charge >= 0.3 is 7.55 Å². The van der Waals surface area contributed by atoms with Crippen LogP contribution in [0.1, 0.15) is 0 Å². The molecule has 4 nitrogen and oxygen atoms in total. The van der Waals surface area contributed by atoms with Gasteiger partial charge in [-0.1, -0.05) is 0 Å². The van der Waals surface area contributed by atoms with Crippen molar-refractivity contribution in [2.45, 2.75) is 0 Å². The van der Waals surface area contributed by atoms with Gasteiger partial charge in [0.2, 0.25) is 0 Å². The molecule has 0 saturated carbocycles. The molecule has 0 aliphatic rings. The van der Waals surface area contributed by atoms with Crippen molar-refractivity contribution in [3.63, 3.8) is 0 Å². The summed E-state index contributed by atoms with van der Waals surface area (Å²) in [7, 11) is 3.73. The molecule has 0 bridgehead atoms. The SMILES string of the molecule is Cn1ccn([B]n2cccn2)c1=S. The summed E-state index contributed by atoms with van der Waals surface area (Å²) in [4.78, 5) is 0. The number of aromatic nitrogens is 4. The Hall–Kier alpha value is -1.30. The second-order valence-electron chi connectivity index (χ2n) is 2.70. The van der Waals surface area contributed by atoms with Crippen molar-refractivity contribution in [2.75, 3.05) is 0 Å². The van der Waals surface area contributed by atoms with Crippen LogP contribution >= 0.6 is 12.2 Å². The van der Waals surface area contributed by atoms with Crippen LogP contribution in [-0.4, -0.2) is 26.3 Å². The van der Waals surface area contributed by atoms with Gasteiger partial charge in [-0.3, -0.25) is 4.59 Å². The van der Waals surface area contributed by atoms with Gasteiger partial charge in [-0.15, -0.1) is 0 Å². The van der Waals surface area contributed by atoms with E-state index in [4.69, 9.17) is 12.2 Å². The van der Waals surface area contributed by atoms with Crippen LogP contribution in [-0.2, 0) is 7.05 Å². The van der Waals surface area contributed by atoms with E-state index in [1.54, 1.807) is 10.8 Å². The zero-order valence-corrected chi connectivity index (χ0v) is 7.98. The number of aryl methyl sites for hydroxylation is 1. The van der Waals surface area contributed by atoms with Gasteiger partial charge in [0.15, 0.2) is 4.77 Å². The Morgan fingerprint density at radius 3 is 2.77 bits per heavy atom. The van der Waals surface area contributed by atoms with Crippen LogP contribution in [0.25, 0.3) is 0 Å². The Labute approximate surface area is 81.7 Å². The predicted molar refractivity (Wildman–Crippen MR) is 53.0 cm³/mol. The number of rotatable bonds is 2. The van der Waals surface area contributed by atoms with Crippen LogP contribution in [0.5, 0.6) is 0 Å². The van der Waals surface area contributed by atoms with Gasteiger partial charge in [-0.05, 0) is 18.3 Å². The highest BCUT2D eigenvalue weighted by Crippen LogP contribution is 1.92. The highest BCUT2D eigenvalue weighted by molar-refractivity contribution is 7.71. The third-order valence-corrected chi connectivity index (χ3v) is 2.24. The first-order chi connectivity index (χ1) is 6.27. The minimum Gasteiger partial charge on any atom is -0.349 e. The van der Waals surface area contributed by atoms with Gasteiger partial charge in [0.1, 0.15) is 0 Å². The molecular formula is C7H8BN4S. The molecule has 0 spiro atoms. The number of hydrogen-bond donors (Lipinski definition) is 0. The molecule has 0 fully saturated rings. The Bertz CT molecular complexity index is 441. The first kappa shape index (κ1) is 8.31. The van der Waals surface area contributed by atoms with E-state index in [1.807, 2.05) is 48.3 Å². The summed E-state index contributed by atoms with van der Waals surface area (Å²) in [6.07, 6.45) is 7.38. The van der Waals surface area contributed by atoms with Crippen LogP contribution in [0.3, 0.4) is 0 Å². The van der Waals surface area contributed by atoms with E-state index in [-0.39, 0.29) is 0 Å². The number of hydrogen-bond acceptors (Lipinski definition) is 2. The Morgan fingerprint density at radius 2 is 2.23 bits per heavy atom. The fourth-order valence-electron chi connectivity index (χ4n) is 1.05. The summed E-state index contributed by atoms with van der Waals surface area (Å²) in [5.41, 5.74) is 0. The molecule has 1 radical (unpaired) electrons. The molecule has 6 heteroatoms. The van der Waals surface area contributed by atoms with Gasteiger partial charge < -0.3 is 9.05 Å². The largest absolute Gasteiger partial charge is 0.421 e. The number of imidazole rings is 1. The predicted octanol–water partition coefficient (Wildman–Crippen LogP) is 0.683. The zero-order chi connectivity index (χ0) is 9.26. The molecule has 2 rings (SSSR count). The summed E-state index contributed by atoms with van der Waals surface area (Å²) >= 11 is 5.15. The maximum atomic E-state index is 5.15. The van der Waals surface area contributed by atoms with Crippen LogP contribution in [0.15, 0.2) is 30.9 Å². The van der Waals surface area contributed by atoms with Crippen LogP contribution in [0.4, 0.5) is 0 Å². The van der Waals surface area contributed by atoms with Crippen molar-refractivity contribution in [1.82, 2.24) is 18.7 Å². The van der Waals surface area contributed by atoms with Crippen LogP contribution in [0, 0.1) is 4.77 Å².